The molecule has 2 fully saturated rings. The highest BCUT2D eigenvalue weighted by Gasteiger charge is 2.42. The van der Waals surface area contributed by atoms with Crippen LogP contribution in [0.2, 0.25) is 0 Å². The summed E-state index contributed by atoms with van der Waals surface area (Å²) in [6.07, 6.45) is 1.46. The fourth-order valence-corrected chi connectivity index (χ4v) is 2.01. The van der Waals surface area contributed by atoms with Crippen molar-refractivity contribution in [2.24, 2.45) is 0 Å². The zero-order valence-electron chi connectivity index (χ0n) is 9.44. The van der Waals surface area contributed by atoms with Crippen molar-refractivity contribution in [1.29, 1.82) is 0 Å². The molecule has 2 rings (SSSR count). The van der Waals surface area contributed by atoms with Crippen LogP contribution in [0.25, 0.3) is 0 Å². The first kappa shape index (κ1) is 12.9. The number of carbonyl (C=O) groups is 2. The van der Waals surface area contributed by atoms with Gasteiger partial charge < -0.3 is 23.9 Å². The average Bonchev–Trinajstić information content (AvgIpc) is 2.79. The van der Waals surface area contributed by atoms with Gasteiger partial charge in [-0.2, -0.15) is 0 Å². The van der Waals surface area contributed by atoms with Crippen LogP contribution in [0.4, 0.5) is 4.79 Å². The minimum atomic E-state index is -0.549. The van der Waals surface area contributed by atoms with Crippen molar-refractivity contribution in [3.63, 3.8) is 0 Å². The van der Waals surface area contributed by atoms with Gasteiger partial charge in [0.25, 0.3) is 0 Å². The highest BCUT2D eigenvalue weighted by Crippen LogP contribution is 2.30. The Kier molecular flexibility index (Phi) is 4.70. The molecule has 16 heavy (non-hydrogen) atoms. The first-order valence-electron chi connectivity index (χ1n) is 5.15. The Morgan fingerprint density at radius 2 is 2.00 bits per heavy atom. The summed E-state index contributed by atoms with van der Waals surface area (Å²) >= 11 is 0. The predicted molar refractivity (Wildman–Crippen MR) is 55.0 cm³/mol. The minimum Gasteiger partial charge on any atom is -0.453 e. The van der Waals surface area contributed by atoms with Crippen LogP contribution in [-0.2, 0) is 19.0 Å². The maximum Gasteiger partial charge on any atom is 0.409 e. The van der Waals surface area contributed by atoms with Crippen LogP contribution in [0.1, 0.15) is 12.8 Å². The van der Waals surface area contributed by atoms with Gasteiger partial charge >= 0.3 is 6.09 Å². The summed E-state index contributed by atoms with van der Waals surface area (Å²) in [5.74, 6) is -0.549. The Bertz CT molecular complexity index is 239. The molecule has 0 aliphatic carbocycles. The van der Waals surface area contributed by atoms with Crippen molar-refractivity contribution in [2.45, 2.75) is 18.6 Å². The van der Waals surface area contributed by atoms with Crippen molar-refractivity contribution < 1.29 is 23.8 Å². The lowest BCUT2D eigenvalue weighted by atomic mass is 10.1. The van der Waals surface area contributed by atoms with E-state index in [9.17, 15) is 4.79 Å². The van der Waals surface area contributed by atoms with Crippen molar-refractivity contribution in [2.75, 3.05) is 33.4 Å². The van der Waals surface area contributed by atoms with Gasteiger partial charge in [0.1, 0.15) is 6.79 Å². The largest absolute Gasteiger partial charge is 0.453 e. The quantitative estimate of drug-likeness (QED) is 0.604. The number of ether oxygens (including phenoxy) is 3. The van der Waals surface area contributed by atoms with Crippen molar-refractivity contribution in [3.8, 4) is 0 Å². The SMILES string of the molecule is C=O.COC(=O)N1CCCC2(C1)OCCO2. The van der Waals surface area contributed by atoms with Crippen molar-refractivity contribution in [3.05, 3.63) is 0 Å². The van der Waals surface area contributed by atoms with E-state index in [2.05, 4.69) is 4.74 Å². The van der Waals surface area contributed by atoms with Gasteiger partial charge in [-0.1, -0.05) is 0 Å². The maximum absolute atomic E-state index is 11.3. The lowest BCUT2D eigenvalue weighted by Gasteiger charge is -2.37. The minimum absolute atomic E-state index is 0.303. The number of rotatable bonds is 0. The lowest BCUT2D eigenvalue weighted by molar-refractivity contribution is -0.184. The van der Waals surface area contributed by atoms with Crippen LogP contribution in [-0.4, -0.2) is 57.0 Å². The van der Waals surface area contributed by atoms with E-state index in [4.69, 9.17) is 14.3 Å². The molecule has 2 heterocycles. The molecule has 6 heteroatoms. The highest BCUT2D eigenvalue weighted by atomic mass is 16.7. The molecule has 0 unspecified atom stereocenters. The summed E-state index contributed by atoms with van der Waals surface area (Å²) < 4.78 is 15.7. The summed E-state index contributed by atoms with van der Waals surface area (Å²) in [7, 11) is 1.39. The number of likely N-dealkylation sites (tertiary alicyclic amines) is 1. The number of piperidine rings is 1. The Labute approximate surface area is 94.4 Å². The number of nitrogens with zero attached hydrogens (tertiary/aromatic N) is 1. The summed E-state index contributed by atoms with van der Waals surface area (Å²) in [6.45, 7) is 4.45. The van der Waals surface area contributed by atoms with Gasteiger partial charge in [-0.3, -0.25) is 0 Å². The molecule has 0 bridgehead atoms. The van der Waals surface area contributed by atoms with Crippen LogP contribution >= 0.6 is 0 Å². The normalized spacial score (nSPS) is 22.4. The Morgan fingerprint density at radius 3 is 2.56 bits per heavy atom. The summed E-state index contributed by atoms with van der Waals surface area (Å²) in [4.78, 5) is 20.9. The Hall–Kier alpha value is -1.14. The Morgan fingerprint density at radius 1 is 1.38 bits per heavy atom. The molecule has 2 aliphatic heterocycles. The van der Waals surface area contributed by atoms with E-state index in [1.807, 2.05) is 6.79 Å². The van der Waals surface area contributed by atoms with E-state index in [1.54, 1.807) is 4.90 Å². The van der Waals surface area contributed by atoms with Crippen molar-refractivity contribution >= 4 is 12.9 Å². The van der Waals surface area contributed by atoms with Gasteiger partial charge in [0.05, 0.1) is 26.9 Å². The second kappa shape index (κ2) is 5.81. The molecule has 2 saturated heterocycles. The molecule has 6 nitrogen and oxygen atoms in total. The summed E-state index contributed by atoms with van der Waals surface area (Å²) in [5.41, 5.74) is 0. The van der Waals surface area contributed by atoms with Crippen LogP contribution in [0.5, 0.6) is 0 Å². The molecule has 0 N–H and O–H groups in total. The van der Waals surface area contributed by atoms with E-state index in [1.165, 1.54) is 7.11 Å². The molecule has 0 aromatic rings. The molecule has 0 atom stereocenters. The zero-order valence-corrected chi connectivity index (χ0v) is 9.44. The first-order chi connectivity index (χ1) is 7.76. The second-order valence-corrected chi connectivity index (χ2v) is 3.60. The molecule has 1 amide bonds. The third-order valence-electron chi connectivity index (χ3n) is 2.66. The summed E-state index contributed by atoms with van der Waals surface area (Å²) in [6, 6.07) is 0. The first-order valence-corrected chi connectivity index (χ1v) is 5.15. The topological polar surface area (TPSA) is 65.1 Å². The van der Waals surface area contributed by atoms with Gasteiger partial charge in [-0.25, -0.2) is 4.79 Å². The third kappa shape index (κ3) is 2.70. The second-order valence-electron chi connectivity index (χ2n) is 3.60. The molecule has 0 aromatic heterocycles. The predicted octanol–water partition coefficient (Wildman–Crippen LogP) is 0.407. The lowest BCUT2D eigenvalue weighted by Crippen LogP contribution is -2.50. The number of carbonyl (C=O) groups excluding carboxylic acids is 2. The number of methoxy groups -OCH3 is 1. The Balaban J connectivity index is 0.000000606. The molecule has 92 valence electrons. The van der Waals surface area contributed by atoms with Crippen LogP contribution in [0.15, 0.2) is 0 Å². The third-order valence-corrected chi connectivity index (χ3v) is 2.66. The monoisotopic (exact) mass is 231 g/mol. The smallest absolute Gasteiger partial charge is 0.409 e. The zero-order chi connectivity index (χ0) is 12.0. The van der Waals surface area contributed by atoms with E-state index in [0.717, 1.165) is 19.4 Å². The molecular weight excluding hydrogens is 214 g/mol. The molecule has 0 saturated carbocycles. The number of hydrogen-bond donors (Lipinski definition) is 0. The van der Waals surface area contributed by atoms with Gasteiger partial charge in [0.15, 0.2) is 5.79 Å². The summed E-state index contributed by atoms with van der Waals surface area (Å²) in [5, 5.41) is 0. The van der Waals surface area contributed by atoms with Gasteiger partial charge in [0, 0.05) is 13.0 Å². The molecule has 2 aliphatic rings. The van der Waals surface area contributed by atoms with E-state index < -0.39 is 5.79 Å². The van der Waals surface area contributed by atoms with Gasteiger partial charge in [0.2, 0.25) is 0 Å². The van der Waals surface area contributed by atoms with Crippen LogP contribution < -0.4 is 0 Å². The maximum atomic E-state index is 11.3. The molecule has 0 aromatic carbocycles. The molecular formula is C10H17NO5. The van der Waals surface area contributed by atoms with Crippen molar-refractivity contribution in [1.82, 2.24) is 4.90 Å². The molecule has 1 spiro atoms. The molecule has 0 radical (unpaired) electrons. The van der Waals surface area contributed by atoms with Crippen LogP contribution in [0, 0.1) is 0 Å². The number of amides is 1. The fraction of sp³-hybridized carbons (Fsp3) is 0.800. The van der Waals surface area contributed by atoms with Crippen LogP contribution in [0.3, 0.4) is 0 Å². The van der Waals surface area contributed by atoms with Gasteiger partial charge in [-0.15, -0.1) is 0 Å². The number of hydrogen-bond acceptors (Lipinski definition) is 5. The van der Waals surface area contributed by atoms with E-state index in [0.29, 0.717) is 19.8 Å². The standard InChI is InChI=1S/C9H15NO4.CH2O/c1-12-8(11)10-4-2-3-9(7-10)13-5-6-14-9;1-2/h2-7H2,1H3;1H2. The van der Waals surface area contributed by atoms with E-state index >= 15 is 0 Å². The van der Waals surface area contributed by atoms with Gasteiger partial charge in [-0.05, 0) is 6.42 Å². The van der Waals surface area contributed by atoms with E-state index in [-0.39, 0.29) is 6.09 Å². The highest BCUT2D eigenvalue weighted by molar-refractivity contribution is 5.67. The average molecular weight is 231 g/mol. The fourth-order valence-electron chi connectivity index (χ4n) is 2.01.